The topological polar surface area (TPSA) is 85.1 Å². The minimum atomic E-state index is -3.63. The van der Waals surface area contributed by atoms with Gasteiger partial charge in [-0.05, 0) is 43.7 Å². The van der Waals surface area contributed by atoms with Crippen LogP contribution in [-0.2, 0) is 16.6 Å². The minimum Gasteiger partial charge on any atom is -0.398 e. The molecule has 0 unspecified atom stereocenters. The van der Waals surface area contributed by atoms with Crippen molar-refractivity contribution in [2.75, 3.05) is 5.73 Å². The molecule has 0 bridgehead atoms. The summed E-state index contributed by atoms with van der Waals surface area (Å²) < 4.78 is 26.9. The van der Waals surface area contributed by atoms with E-state index >= 15 is 0 Å². The van der Waals surface area contributed by atoms with E-state index in [4.69, 9.17) is 5.73 Å². The Balaban J connectivity index is 2.19. The summed E-state index contributed by atoms with van der Waals surface area (Å²) in [5.41, 5.74) is 8.44. The average molecular weight is 291 g/mol. The van der Waals surface area contributed by atoms with Crippen molar-refractivity contribution < 1.29 is 8.42 Å². The van der Waals surface area contributed by atoms with Crippen molar-refractivity contribution in [2.24, 2.45) is 0 Å². The number of sulfonamides is 1. The van der Waals surface area contributed by atoms with Gasteiger partial charge in [-0.25, -0.2) is 13.1 Å². The molecule has 106 valence electrons. The molecule has 1 aromatic heterocycles. The van der Waals surface area contributed by atoms with Crippen molar-refractivity contribution >= 4 is 15.7 Å². The van der Waals surface area contributed by atoms with Crippen molar-refractivity contribution in [3.8, 4) is 0 Å². The molecule has 1 heterocycles. The van der Waals surface area contributed by atoms with Gasteiger partial charge < -0.3 is 5.73 Å². The highest BCUT2D eigenvalue weighted by Crippen LogP contribution is 2.19. The molecule has 0 spiro atoms. The van der Waals surface area contributed by atoms with Crippen molar-refractivity contribution in [1.82, 2.24) is 9.71 Å². The number of benzene rings is 1. The Morgan fingerprint density at radius 3 is 2.60 bits per heavy atom. The number of hydrogen-bond acceptors (Lipinski definition) is 4. The molecular weight excluding hydrogens is 274 g/mol. The largest absolute Gasteiger partial charge is 0.398 e. The molecule has 3 N–H and O–H groups in total. The molecular formula is C14H17N3O2S. The fourth-order valence-electron chi connectivity index (χ4n) is 1.86. The van der Waals surface area contributed by atoms with Crippen LogP contribution in [0.4, 0.5) is 5.69 Å². The first-order valence-corrected chi connectivity index (χ1v) is 7.65. The Morgan fingerprint density at radius 2 is 1.95 bits per heavy atom. The molecule has 0 fully saturated rings. The molecule has 0 amide bonds. The Labute approximate surface area is 118 Å². The maximum atomic E-state index is 12.2. The second-order valence-electron chi connectivity index (χ2n) is 4.64. The van der Waals surface area contributed by atoms with Crippen LogP contribution in [0.5, 0.6) is 0 Å². The zero-order valence-corrected chi connectivity index (χ0v) is 12.2. The van der Waals surface area contributed by atoms with Crippen LogP contribution in [0.15, 0.2) is 41.3 Å². The first kappa shape index (κ1) is 14.5. The lowest BCUT2D eigenvalue weighted by Gasteiger charge is -2.09. The Morgan fingerprint density at radius 1 is 1.20 bits per heavy atom. The number of nitrogens with zero attached hydrogens (tertiary/aromatic N) is 1. The van der Waals surface area contributed by atoms with E-state index in [1.807, 2.05) is 26.0 Å². The van der Waals surface area contributed by atoms with Crippen molar-refractivity contribution in [2.45, 2.75) is 25.3 Å². The number of rotatable bonds is 4. The number of nitrogen functional groups attached to an aromatic ring is 1. The zero-order valence-electron chi connectivity index (χ0n) is 11.4. The van der Waals surface area contributed by atoms with E-state index in [0.717, 1.165) is 11.3 Å². The van der Waals surface area contributed by atoms with Crippen LogP contribution < -0.4 is 10.5 Å². The SMILES string of the molecule is Cc1ccc(S(=O)(=O)NCc2cccc(C)n2)c(N)c1. The molecule has 0 aliphatic rings. The highest BCUT2D eigenvalue weighted by molar-refractivity contribution is 7.89. The normalized spacial score (nSPS) is 11.5. The predicted octanol–water partition coefficient (Wildman–Crippen LogP) is 1.76. The van der Waals surface area contributed by atoms with E-state index in [1.54, 1.807) is 18.2 Å². The monoisotopic (exact) mass is 291 g/mol. The van der Waals surface area contributed by atoms with Gasteiger partial charge in [-0.15, -0.1) is 0 Å². The van der Waals surface area contributed by atoms with Crippen LogP contribution in [-0.4, -0.2) is 13.4 Å². The number of anilines is 1. The fraction of sp³-hybridized carbons (Fsp3) is 0.214. The van der Waals surface area contributed by atoms with Crippen LogP contribution in [0.1, 0.15) is 17.0 Å². The molecule has 20 heavy (non-hydrogen) atoms. The first-order chi connectivity index (χ1) is 9.38. The molecule has 0 aliphatic carbocycles. The zero-order chi connectivity index (χ0) is 14.8. The van der Waals surface area contributed by atoms with E-state index in [-0.39, 0.29) is 17.1 Å². The van der Waals surface area contributed by atoms with Gasteiger partial charge in [0.05, 0.1) is 17.9 Å². The predicted molar refractivity (Wildman–Crippen MR) is 78.6 cm³/mol. The second kappa shape index (κ2) is 5.60. The maximum absolute atomic E-state index is 12.2. The average Bonchev–Trinajstić information content (AvgIpc) is 2.36. The maximum Gasteiger partial charge on any atom is 0.242 e. The van der Waals surface area contributed by atoms with Crippen LogP contribution >= 0.6 is 0 Å². The molecule has 1 aromatic carbocycles. The third-order valence-corrected chi connectivity index (χ3v) is 4.32. The van der Waals surface area contributed by atoms with Crippen molar-refractivity contribution in [3.05, 3.63) is 53.3 Å². The number of nitrogens with one attached hydrogen (secondary N) is 1. The van der Waals surface area contributed by atoms with Gasteiger partial charge in [0, 0.05) is 5.69 Å². The number of pyridine rings is 1. The summed E-state index contributed by atoms with van der Waals surface area (Å²) in [6, 6.07) is 10.3. The van der Waals surface area contributed by atoms with Gasteiger partial charge in [0.1, 0.15) is 4.90 Å². The van der Waals surface area contributed by atoms with Gasteiger partial charge in [0.2, 0.25) is 10.0 Å². The molecule has 0 radical (unpaired) electrons. The van der Waals surface area contributed by atoms with Crippen molar-refractivity contribution in [3.63, 3.8) is 0 Å². The van der Waals surface area contributed by atoms with E-state index < -0.39 is 10.0 Å². The highest BCUT2D eigenvalue weighted by Gasteiger charge is 2.17. The molecule has 2 rings (SSSR count). The van der Waals surface area contributed by atoms with Gasteiger partial charge in [-0.3, -0.25) is 4.98 Å². The van der Waals surface area contributed by atoms with Crippen molar-refractivity contribution in [1.29, 1.82) is 0 Å². The molecule has 6 heteroatoms. The van der Waals surface area contributed by atoms with Gasteiger partial charge in [-0.1, -0.05) is 12.1 Å². The minimum absolute atomic E-state index is 0.0933. The summed E-state index contributed by atoms with van der Waals surface area (Å²) in [6.45, 7) is 3.85. The summed E-state index contributed by atoms with van der Waals surface area (Å²) >= 11 is 0. The van der Waals surface area contributed by atoms with E-state index in [1.165, 1.54) is 6.07 Å². The summed E-state index contributed by atoms with van der Waals surface area (Å²) in [5.74, 6) is 0. The number of aryl methyl sites for hydroxylation is 2. The summed E-state index contributed by atoms with van der Waals surface area (Å²) in [5, 5.41) is 0. The third kappa shape index (κ3) is 3.34. The standard InChI is InChI=1S/C14H17N3O2S/c1-10-6-7-14(13(15)8-10)20(18,19)16-9-12-5-3-4-11(2)17-12/h3-8,16H,9,15H2,1-2H3. The number of hydrogen-bond donors (Lipinski definition) is 2. The fourth-order valence-corrected chi connectivity index (χ4v) is 2.97. The van der Waals surface area contributed by atoms with Crippen LogP contribution in [0, 0.1) is 13.8 Å². The van der Waals surface area contributed by atoms with Gasteiger partial charge in [0.25, 0.3) is 0 Å². The quantitative estimate of drug-likeness (QED) is 0.841. The van der Waals surface area contributed by atoms with Crippen LogP contribution in [0.3, 0.4) is 0 Å². The first-order valence-electron chi connectivity index (χ1n) is 6.17. The lowest BCUT2D eigenvalue weighted by atomic mass is 10.2. The Bertz CT molecular complexity index is 727. The van der Waals surface area contributed by atoms with Gasteiger partial charge in [0.15, 0.2) is 0 Å². The Kier molecular flexibility index (Phi) is 4.06. The smallest absolute Gasteiger partial charge is 0.242 e. The number of nitrogens with two attached hydrogens (primary N) is 1. The molecule has 0 saturated carbocycles. The van der Waals surface area contributed by atoms with E-state index in [2.05, 4.69) is 9.71 Å². The number of aromatic nitrogens is 1. The van der Waals surface area contributed by atoms with E-state index in [0.29, 0.717) is 5.69 Å². The lowest BCUT2D eigenvalue weighted by Crippen LogP contribution is -2.24. The van der Waals surface area contributed by atoms with Crippen LogP contribution in [0.25, 0.3) is 0 Å². The van der Waals surface area contributed by atoms with Gasteiger partial charge >= 0.3 is 0 Å². The third-order valence-electron chi connectivity index (χ3n) is 2.84. The Hall–Kier alpha value is -1.92. The summed E-state index contributed by atoms with van der Waals surface area (Å²) in [4.78, 5) is 4.34. The summed E-state index contributed by atoms with van der Waals surface area (Å²) in [6.07, 6.45) is 0. The van der Waals surface area contributed by atoms with E-state index in [9.17, 15) is 8.42 Å². The van der Waals surface area contributed by atoms with Gasteiger partial charge in [-0.2, -0.15) is 0 Å². The highest BCUT2D eigenvalue weighted by atomic mass is 32.2. The van der Waals surface area contributed by atoms with Crippen LogP contribution in [0.2, 0.25) is 0 Å². The lowest BCUT2D eigenvalue weighted by molar-refractivity contribution is 0.580. The molecule has 0 atom stereocenters. The molecule has 5 nitrogen and oxygen atoms in total. The summed E-state index contributed by atoms with van der Waals surface area (Å²) in [7, 11) is -3.63. The molecule has 2 aromatic rings. The molecule has 0 aliphatic heterocycles. The molecule has 0 saturated heterocycles. The second-order valence-corrected chi connectivity index (χ2v) is 6.37.